The highest BCUT2D eigenvalue weighted by Crippen LogP contribution is 2.14. The average Bonchev–Trinajstić information content (AvgIpc) is 3.26. The van der Waals surface area contributed by atoms with Crippen molar-refractivity contribution < 1.29 is 18.4 Å². The normalized spacial score (nSPS) is 10.4. The van der Waals surface area contributed by atoms with Gasteiger partial charge in [-0.3, -0.25) is 14.7 Å². The van der Waals surface area contributed by atoms with Crippen LogP contribution in [0.15, 0.2) is 47.1 Å². The van der Waals surface area contributed by atoms with Gasteiger partial charge in [-0.15, -0.1) is 0 Å². The summed E-state index contributed by atoms with van der Waals surface area (Å²) < 4.78 is 18.2. The van der Waals surface area contributed by atoms with Crippen LogP contribution < -0.4 is 10.6 Å². The van der Waals surface area contributed by atoms with Crippen LogP contribution in [0.25, 0.3) is 11.6 Å². The van der Waals surface area contributed by atoms with Crippen LogP contribution in [-0.4, -0.2) is 33.5 Å². The summed E-state index contributed by atoms with van der Waals surface area (Å²) in [6.07, 6.45) is 1.87. The molecule has 0 aliphatic heterocycles. The molecule has 0 aliphatic carbocycles. The Kier molecular flexibility index (Phi) is 4.84. The van der Waals surface area contributed by atoms with Gasteiger partial charge in [0, 0.05) is 18.7 Å². The van der Waals surface area contributed by atoms with E-state index in [4.69, 9.17) is 4.42 Å². The molecule has 3 rings (SSSR count). The molecule has 1 aromatic carbocycles. The van der Waals surface area contributed by atoms with Crippen molar-refractivity contribution in [3.8, 4) is 11.6 Å². The molecule has 2 heterocycles. The number of amides is 2. The van der Waals surface area contributed by atoms with Gasteiger partial charge in [0.15, 0.2) is 5.76 Å². The summed E-state index contributed by atoms with van der Waals surface area (Å²) in [5, 5.41) is 11.5. The van der Waals surface area contributed by atoms with Crippen molar-refractivity contribution >= 4 is 17.5 Å². The molecule has 0 atom stereocenters. The maximum atomic E-state index is 13.0. The number of nitrogens with zero attached hydrogens (tertiary/aromatic N) is 2. The number of furan rings is 1. The van der Waals surface area contributed by atoms with Crippen LogP contribution in [0.5, 0.6) is 0 Å². The topological polar surface area (TPSA) is 113 Å². The fraction of sp³-hybridized carbons (Fsp3) is 0.125. The molecule has 2 amide bonds. The van der Waals surface area contributed by atoms with Crippen molar-refractivity contribution in [2.75, 3.05) is 11.9 Å². The maximum absolute atomic E-state index is 13.0. The predicted octanol–water partition coefficient (Wildman–Crippen LogP) is 1.50. The van der Waals surface area contributed by atoms with E-state index in [1.165, 1.54) is 24.5 Å². The largest absolute Gasteiger partial charge is 0.461 e. The second-order valence-corrected chi connectivity index (χ2v) is 5.05. The first-order valence-corrected chi connectivity index (χ1v) is 7.42. The third-order valence-corrected chi connectivity index (χ3v) is 3.21. The zero-order valence-electron chi connectivity index (χ0n) is 13.0. The summed E-state index contributed by atoms with van der Waals surface area (Å²) >= 11 is 0. The molecule has 0 bridgehead atoms. The number of halogens is 1. The maximum Gasteiger partial charge on any atom is 0.313 e. The minimum Gasteiger partial charge on any atom is -0.461 e. The van der Waals surface area contributed by atoms with Gasteiger partial charge in [-0.05, 0) is 30.3 Å². The molecule has 0 unspecified atom stereocenters. The van der Waals surface area contributed by atoms with Gasteiger partial charge < -0.3 is 15.1 Å². The molecule has 128 valence electrons. The van der Waals surface area contributed by atoms with Crippen LogP contribution in [0.2, 0.25) is 0 Å². The highest BCUT2D eigenvalue weighted by atomic mass is 19.1. The molecular weight excluding hydrogens is 329 g/mol. The van der Waals surface area contributed by atoms with Gasteiger partial charge in [0.1, 0.15) is 11.6 Å². The van der Waals surface area contributed by atoms with E-state index in [0.29, 0.717) is 23.8 Å². The molecule has 0 spiro atoms. The van der Waals surface area contributed by atoms with Gasteiger partial charge in [-0.25, -0.2) is 9.37 Å². The van der Waals surface area contributed by atoms with E-state index in [1.807, 2.05) is 0 Å². The summed E-state index contributed by atoms with van der Waals surface area (Å²) in [5.74, 6) is -0.723. The molecule has 25 heavy (non-hydrogen) atoms. The van der Waals surface area contributed by atoms with Crippen LogP contribution in [0.4, 0.5) is 10.1 Å². The van der Waals surface area contributed by atoms with Gasteiger partial charge >= 0.3 is 11.8 Å². The standard InChI is InChI=1S/C16H14FN5O3/c17-10-3-1-4-11(9-10)19-16(24)15(23)18-7-6-13-20-14(22-21-13)12-5-2-8-25-12/h1-5,8-9H,6-7H2,(H,18,23)(H,19,24)(H,20,21,22). The monoisotopic (exact) mass is 343 g/mol. The number of rotatable bonds is 5. The van der Waals surface area contributed by atoms with Gasteiger partial charge in [-0.2, -0.15) is 5.10 Å². The first-order valence-electron chi connectivity index (χ1n) is 7.42. The van der Waals surface area contributed by atoms with E-state index in [1.54, 1.807) is 12.1 Å². The number of aromatic nitrogens is 3. The highest BCUT2D eigenvalue weighted by Gasteiger charge is 2.14. The summed E-state index contributed by atoms with van der Waals surface area (Å²) in [7, 11) is 0. The van der Waals surface area contributed by atoms with Crippen molar-refractivity contribution in [1.82, 2.24) is 20.5 Å². The second kappa shape index (κ2) is 7.39. The fourth-order valence-corrected chi connectivity index (χ4v) is 2.05. The summed E-state index contributed by atoms with van der Waals surface area (Å²) in [6, 6.07) is 8.73. The summed E-state index contributed by atoms with van der Waals surface area (Å²) in [4.78, 5) is 27.7. The number of aromatic amines is 1. The molecule has 3 N–H and O–H groups in total. The van der Waals surface area contributed by atoms with Gasteiger partial charge in [0.05, 0.1) is 6.26 Å². The minimum atomic E-state index is -0.876. The van der Waals surface area contributed by atoms with Crippen LogP contribution in [0.1, 0.15) is 5.82 Å². The van der Waals surface area contributed by atoms with Crippen molar-refractivity contribution in [2.24, 2.45) is 0 Å². The molecule has 0 radical (unpaired) electrons. The van der Waals surface area contributed by atoms with Crippen LogP contribution in [-0.2, 0) is 16.0 Å². The number of benzene rings is 1. The number of hydrogen-bond donors (Lipinski definition) is 3. The zero-order chi connectivity index (χ0) is 17.6. The molecular formula is C16H14FN5O3. The second-order valence-electron chi connectivity index (χ2n) is 5.05. The average molecular weight is 343 g/mol. The van der Waals surface area contributed by atoms with E-state index in [-0.39, 0.29) is 12.2 Å². The van der Waals surface area contributed by atoms with Crippen LogP contribution >= 0.6 is 0 Å². The molecule has 9 heteroatoms. The molecule has 3 aromatic rings. The molecule has 0 aliphatic rings. The first kappa shape index (κ1) is 16.4. The highest BCUT2D eigenvalue weighted by molar-refractivity contribution is 6.39. The van der Waals surface area contributed by atoms with Crippen molar-refractivity contribution in [1.29, 1.82) is 0 Å². The number of H-pyrrole nitrogens is 1. The lowest BCUT2D eigenvalue weighted by molar-refractivity contribution is -0.136. The Morgan fingerprint density at radius 3 is 2.84 bits per heavy atom. The predicted molar refractivity (Wildman–Crippen MR) is 85.8 cm³/mol. The van der Waals surface area contributed by atoms with Crippen LogP contribution in [0, 0.1) is 5.82 Å². The third-order valence-electron chi connectivity index (χ3n) is 3.21. The van der Waals surface area contributed by atoms with Gasteiger partial charge in [-0.1, -0.05) is 6.07 Å². The van der Waals surface area contributed by atoms with E-state index in [2.05, 4.69) is 25.8 Å². The van der Waals surface area contributed by atoms with E-state index in [9.17, 15) is 14.0 Å². The lowest BCUT2D eigenvalue weighted by Crippen LogP contribution is -2.36. The van der Waals surface area contributed by atoms with Crippen molar-refractivity contribution in [3.05, 3.63) is 54.3 Å². The van der Waals surface area contributed by atoms with Gasteiger partial charge in [0.25, 0.3) is 0 Å². The Hall–Kier alpha value is -3.49. The number of carbonyl (C=O) groups excluding carboxylic acids is 2. The lowest BCUT2D eigenvalue weighted by Gasteiger charge is -2.05. The van der Waals surface area contributed by atoms with E-state index < -0.39 is 17.6 Å². The Balaban J connectivity index is 1.47. The minimum absolute atomic E-state index is 0.183. The third kappa shape index (κ3) is 4.28. The van der Waals surface area contributed by atoms with E-state index >= 15 is 0 Å². The van der Waals surface area contributed by atoms with E-state index in [0.717, 1.165) is 6.07 Å². The number of anilines is 1. The Morgan fingerprint density at radius 2 is 2.08 bits per heavy atom. The molecule has 0 fully saturated rings. The SMILES string of the molecule is O=C(NCCc1nc(-c2ccco2)n[nH]1)C(=O)Nc1cccc(F)c1. The lowest BCUT2D eigenvalue weighted by atomic mass is 10.3. The number of carbonyl (C=O) groups is 2. The quantitative estimate of drug-likeness (QED) is 0.608. The molecule has 2 aromatic heterocycles. The number of nitrogens with one attached hydrogen (secondary N) is 3. The molecule has 0 saturated heterocycles. The fourth-order valence-electron chi connectivity index (χ4n) is 2.05. The Bertz CT molecular complexity index is 876. The Morgan fingerprint density at radius 1 is 1.20 bits per heavy atom. The molecule has 0 saturated carbocycles. The molecule has 8 nitrogen and oxygen atoms in total. The summed E-state index contributed by atoms with van der Waals surface area (Å²) in [5.41, 5.74) is 0.207. The number of hydrogen-bond acceptors (Lipinski definition) is 5. The Labute approximate surface area is 141 Å². The van der Waals surface area contributed by atoms with Crippen LogP contribution in [0.3, 0.4) is 0 Å². The first-order chi connectivity index (χ1) is 12.1. The zero-order valence-corrected chi connectivity index (χ0v) is 13.0. The van der Waals surface area contributed by atoms with Gasteiger partial charge in [0.2, 0.25) is 5.82 Å². The van der Waals surface area contributed by atoms with Crippen molar-refractivity contribution in [2.45, 2.75) is 6.42 Å². The smallest absolute Gasteiger partial charge is 0.313 e. The van der Waals surface area contributed by atoms with Crippen molar-refractivity contribution in [3.63, 3.8) is 0 Å². The summed E-state index contributed by atoms with van der Waals surface area (Å²) in [6.45, 7) is 0.183.